The van der Waals surface area contributed by atoms with E-state index in [0.717, 1.165) is 23.3 Å². The van der Waals surface area contributed by atoms with Gasteiger partial charge in [0.15, 0.2) is 0 Å². The molecule has 2 aromatic rings. The molecule has 2 heterocycles. The number of nitrogens with zero attached hydrogens (tertiary/aromatic N) is 1. The van der Waals surface area contributed by atoms with Crippen LogP contribution < -0.4 is 9.03 Å². The van der Waals surface area contributed by atoms with Crippen molar-refractivity contribution in [2.24, 2.45) is 0 Å². The Hall–Kier alpha value is -1.58. The van der Waals surface area contributed by atoms with Crippen LogP contribution in [0.2, 0.25) is 0 Å². The smallest absolute Gasteiger partial charge is 0.271 e. The van der Waals surface area contributed by atoms with Crippen molar-refractivity contribution >= 4 is 42.8 Å². The maximum atomic E-state index is 12.5. The number of hydrogen-bond acceptors (Lipinski definition) is 5. The average molecular weight is 401 g/mol. The standard InChI is InChI=1S/C16H20N2O4S3/c1-3-24(19,20)18-10-4-5-13-7-8-14(11-15(13)18)17-25(21,22)16-9-6-12(2)23-16/h6-9,11,17H,3-5,10H2,1-2H3. The molecule has 1 aromatic heterocycles. The van der Waals surface area contributed by atoms with E-state index >= 15 is 0 Å². The van der Waals surface area contributed by atoms with Gasteiger partial charge in [0, 0.05) is 11.4 Å². The van der Waals surface area contributed by atoms with Crippen LogP contribution in [-0.4, -0.2) is 29.1 Å². The Morgan fingerprint density at radius 3 is 2.56 bits per heavy atom. The van der Waals surface area contributed by atoms with Gasteiger partial charge in [-0.05, 0) is 56.5 Å². The van der Waals surface area contributed by atoms with E-state index in [0.29, 0.717) is 17.9 Å². The van der Waals surface area contributed by atoms with Gasteiger partial charge in [-0.2, -0.15) is 0 Å². The second-order valence-corrected chi connectivity index (χ2v) is 11.3. The molecule has 0 atom stereocenters. The molecule has 0 radical (unpaired) electrons. The van der Waals surface area contributed by atoms with Crippen LogP contribution in [0.25, 0.3) is 0 Å². The lowest BCUT2D eigenvalue weighted by Crippen LogP contribution is -2.36. The van der Waals surface area contributed by atoms with Crippen LogP contribution in [0.15, 0.2) is 34.5 Å². The van der Waals surface area contributed by atoms with Crippen molar-refractivity contribution in [3.05, 3.63) is 40.8 Å². The van der Waals surface area contributed by atoms with Gasteiger partial charge in [-0.3, -0.25) is 9.03 Å². The van der Waals surface area contributed by atoms with Crippen molar-refractivity contribution in [1.29, 1.82) is 0 Å². The van der Waals surface area contributed by atoms with E-state index in [1.54, 1.807) is 37.3 Å². The van der Waals surface area contributed by atoms with E-state index in [-0.39, 0.29) is 9.96 Å². The van der Waals surface area contributed by atoms with Crippen molar-refractivity contribution in [3.8, 4) is 0 Å². The van der Waals surface area contributed by atoms with Crippen molar-refractivity contribution in [2.75, 3.05) is 21.3 Å². The molecule has 0 saturated carbocycles. The second kappa shape index (κ2) is 6.62. The van der Waals surface area contributed by atoms with Gasteiger partial charge < -0.3 is 0 Å². The van der Waals surface area contributed by atoms with E-state index in [4.69, 9.17) is 0 Å². The predicted octanol–water partition coefficient (Wildman–Crippen LogP) is 2.96. The van der Waals surface area contributed by atoms with E-state index in [1.165, 1.54) is 15.6 Å². The number of fused-ring (bicyclic) bond motifs is 1. The largest absolute Gasteiger partial charge is 0.279 e. The van der Waals surface area contributed by atoms with E-state index < -0.39 is 20.0 Å². The molecule has 1 N–H and O–H groups in total. The topological polar surface area (TPSA) is 83.6 Å². The molecule has 9 heteroatoms. The number of nitrogens with one attached hydrogen (secondary N) is 1. The number of thiophene rings is 1. The molecule has 1 aliphatic heterocycles. The van der Waals surface area contributed by atoms with Crippen molar-refractivity contribution in [2.45, 2.75) is 30.9 Å². The molecule has 1 aromatic carbocycles. The third-order valence-corrected chi connectivity index (χ3v) is 8.75. The van der Waals surface area contributed by atoms with Gasteiger partial charge in [0.1, 0.15) is 4.21 Å². The summed E-state index contributed by atoms with van der Waals surface area (Å²) in [6, 6.07) is 8.40. The van der Waals surface area contributed by atoms with Crippen LogP contribution in [0.5, 0.6) is 0 Å². The van der Waals surface area contributed by atoms with Crippen molar-refractivity contribution in [3.63, 3.8) is 0 Å². The molecule has 0 bridgehead atoms. The summed E-state index contributed by atoms with van der Waals surface area (Å²) >= 11 is 1.19. The number of rotatable bonds is 5. The molecule has 1 aliphatic rings. The molecule has 0 spiro atoms. The Kier molecular flexibility index (Phi) is 4.82. The molecule has 0 unspecified atom stereocenters. The molecular weight excluding hydrogens is 380 g/mol. The van der Waals surface area contributed by atoms with Crippen LogP contribution in [-0.2, 0) is 26.5 Å². The Morgan fingerprint density at radius 2 is 1.92 bits per heavy atom. The van der Waals surface area contributed by atoms with E-state index in [1.807, 2.05) is 6.92 Å². The first kappa shape index (κ1) is 18.2. The van der Waals surface area contributed by atoms with Crippen LogP contribution in [0.4, 0.5) is 11.4 Å². The van der Waals surface area contributed by atoms with Crippen LogP contribution in [0.1, 0.15) is 23.8 Å². The fraction of sp³-hybridized carbons (Fsp3) is 0.375. The monoisotopic (exact) mass is 400 g/mol. The average Bonchev–Trinajstić information content (AvgIpc) is 3.01. The Bertz CT molecular complexity index is 994. The first-order valence-electron chi connectivity index (χ1n) is 7.95. The zero-order valence-corrected chi connectivity index (χ0v) is 16.5. The maximum absolute atomic E-state index is 12.5. The number of anilines is 2. The third kappa shape index (κ3) is 3.68. The van der Waals surface area contributed by atoms with Crippen LogP contribution in [0, 0.1) is 6.92 Å². The fourth-order valence-corrected chi connectivity index (χ4v) is 6.33. The number of aryl methyl sites for hydroxylation is 2. The molecule has 0 amide bonds. The number of sulfonamides is 2. The van der Waals surface area contributed by atoms with E-state index in [2.05, 4.69) is 4.72 Å². The highest BCUT2D eigenvalue weighted by Gasteiger charge is 2.27. The summed E-state index contributed by atoms with van der Waals surface area (Å²) in [6.45, 7) is 3.87. The number of hydrogen-bond donors (Lipinski definition) is 1. The summed E-state index contributed by atoms with van der Waals surface area (Å²) in [5.74, 6) is 0.0108. The lowest BCUT2D eigenvalue weighted by atomic mass is 10.0. The molecule has 0 aliphatic carbocycles. The molecule has 0 fully saturated rings. The second-order valence-electron chi connectivity index (χ2n) is 5.89. The van der Waals surface area contributed by atoms with Gasteiger partial charge >= 0.3 is 0 Å². The van der Waals surface area contributed by atoms with E-state index in [9.17, 15) is 16.8 Å². The summed E-state index contributed by atoms with van der Waals surface area (Å²) < 4.78 is 53.8. The SMILES string of the molecule is CCS(=O)(=O)N1CCCc2ccc(NS(=O)(=O)c3ccc(C)s3)cc21. The summed E-state index contributed by atoms with van der Waals surface area (Å²) in [5.41, 5.74) is 1.84. The highest BCUT2D eigenvalue weighted by Crippen LogP contribution is 2.33. The van der Waals surface area contributed by atoms with Gasteiger partial charge in [-0.25, -0.2) is 16.8 Å². The summed E-state index contributed by atoms with van der Waals surface area (Å²) in [7, 11) is -7.06. The molecule has 0 saturated heterocycles. The maximum Gasteiger partial charge on any atom is 0.271 e. The minimum absolute atomic E-state index is 0.0108. The summed E-state index contributed by atoms with van der Waals surface area (Å²) in [6.07, 6.45) is 1.54. The normalized spacial score (nSPS) is 15.0. The summed E-state index contributed by atoms with van der Waals surface area (Å²) in [5, 5.41) is 0. The van der Waals surface area contributed by atoms with Gasteiger partial charge in [0.05, 0.1) is 17.1 Å². The van der Waals surface area contributed by atoms with Gasteiger partial charge in [-0.1, -0.05) is 6.07 Å². The van der Waals surface area contributed by atoms with Gasteiger partial charge in [-0.15, -0.1) is 11.3 Å². The Labute approximate surface area is 152 Å². The molecule has 6 nitrogen and oxygen atoms in total. The van der Waals surface area contributed by atoms with Crippen molar-refractivity contribution < 1.29 is 16.8 Å². The van der Waals surface area contributed by atoms with Gasteiger partial charge in [0.2, 0.25) is 10.0 Å². The van der Waals surface area contributed by atoms with Crippen LogP contribution in [0.3, 0.4) is 0 Å². The zero-order chi connectivity index (χ0) is 18.2. The molecule has 136 valence electrons. The minimum atomic E-state index is -3.68. The quantitative estimate of drug-likeness (QED) is 0.836. The lowest BCUT2D eigenvalue weighted by Gasteiger charge is -2.30. The predicted molar refractivity (Wildman–Crippen MR) is 101 cm³/mol. The third-order valence-electron chi connectivity index (χ3n) is 4.09. The molecule has 25 heavy (non-hydrogen) atoms. The first-order valence-corrected chi connectivity index (χ1v) is 11.9. The first-order chi connectivity index (χ1) is 11.7. The highest BCUT2D eigenvalue weighted by atomic mass is 32.2. The zero-order valence-electron chi connectivity index (χ0n) is 14.0. The van der Waals surface area contributed by atoms with Gasteiger partial charge in [0.25, 0.3) is 10.0 Å². The summed E-state index contributed by atoms with van der Waals surface area (Å²) in [4.78, 5) is 0.908. The highest BCUT2D eigenvalue weighted by molar-refractivity contribution is 7.94. The Morgan fingerprint density at radius 1 is 1.16 bits per heavy atom. The fourth-order valence-electron chi connectivity index (χ4n) is 2.81. The number of benzene rings is 1. The molecular formula is C16H20N2O4S3. The Balaban J connectivity index is 1.96. The van der Waals surface area contributed by atoms with Crippen molar-refractivity contribution in [1.82, 2.24) is 0 Å². The minimum Gasteiger partial charge on any atom is -0.279 e. The molecule has 3 rings (SSSR count). The lowest BCUT2D eigenvalue weighted by molar-refractivity contribution is 0.588. The van der Waals surface area contributed by atoms with Crippen LogP contribution >= 0.6 is 11.3 Å².